The van der Waals surface area contributed by atoms with Crippen LogP contribution >= 0.6 is 11.6 Å². The van der Waals surface area contributed by atoms with Crippen LogP contribution in [0.2, 0.25) is 5.02 Å². The number of methoxy groups -OCH3 is 1. The van der Waals surface area contributed by atoms with Gasteiger partial charge in [-0.25, -0.2) is 4.79 Å². The van der Waals surface area contributed by atoms with E-state index in [4.69, 9.17) is 25.8 Å². The third-order valence-electron chi connectivity index (χ3n) is 4.57. The van der Waals surface area contributed by atoms with Crippen LogP contribution in [0.5, 0.6) is 11.5 Å². The van der Waals surface area contributed by atoms with Gasteiger partial charge in [0.2, 0.25) is 0 Å². The van der Waals surface area contributed by atoms with Crippen LogP contribution in [0.25, 0.3) is 0 Å². The van der Waals surface area contributed by atoms with Crippen molar-refractivity contribution in [2.45, 2.75) is 6.42 Å². The van der Waals surface area contributed by atoms with Gasteiger partial charge >= 0.3 is 5.97 Å². The summed E-state index contributed by atoms with van der Waals surface area (Å²) in [6.45, 7) is 4.08. The Bertz CT molecular complexity index is 1250. The lowest BCUT2D eigenvalue weighted by Gasteiger charge is -2.06. The molecule has 5 heteroatoms. The van der Waals surface area contributed by atoms with Crippen LogP contribution in [0.4, 0.5) is 0 Å². The Morgan fingerprint density at radius 3 is 2.06 bits per heavy atom. The molecule has 0 unspecified atom stereocenters. The lowest BCUT2D eigenvalue weighted by atomic mass is 10.1. The molecule has 0 aliphatic carbocycles. The Kier molecular flexibility index (Phi) is 9.23. The number of benzene rings is 3. The van der Waals surface area contributed by atoms with Crippen LogP contribution in [0.3, 0.4) is 0 Å². The monoisotopic (exact) mass is 470 g/mol. The fraction of sp³-hybridized carbons (Fsp3) is 0.138. The molecule has 0 saturated carbocycles. The number of ether oxygens (including phenoxy) is 3. The molecule has 0 amide bonds. The summed E-state index contributed by atoms with van der Waals surface area (Å²) in [6.07, 6.45) is 1.74. The molecule has 0 aromatic heterocycles. The van der Waals surface area contributed by atoms with Gasteiger partial charge in [0, 0.05) is 34.8 Å². The molecule has 0 fully saturated rings. The van der Waals surface area contributed by atoms with E-state index in [2.05, 4.69) is 30.3 Å². The number of esters is 1. The second-order valence-electron chi connectivity index (χ2n) is 7.02. The molecule has 0 aliphatic heterocycles. The lowest BCUT2D eigenvalue weighted by molar-refractivity contribution is -0.137. The van der Waals surface area contributed by atoms with E-state index in [0.29, 0.717) is 24.7 Å². The van der Waals surface area contributed by atoms with Gasteiger partial charge in [-0.3, -0.25) is 0 Å². The molecule has 0 heterocycles. The number of halogens is 1. The van der Waals surface area contributed by atoms with Crippen molar-refractivity contribution in [2.75, 3.05) is 20.3 Å². The highest BCUT2D eigenvalue weighted by Gasteiger charge is 2.00. The highest BCUT2D eigenvalue weighted by Crippen LogP contribution is 2.18. The molecule has 0 spiro atoms. The quantitative estimate of drug-likeness (QED) is 0.194. The van der Waals surface area contributed by atoms with E-state index in [1.54, 1.807) is 7.11 Å². The van der Waals surface area contributed by atoms with Gasteiger partial charge < -0.3 is 14.2 Å². The molecule has 4 nitrogen and oxygen atoms in total. The van der Waals surface area contributed by atoms with Crippen molar-refractivity contribution in [1.82, 2.24) is 0 Å². The van der Waals surface area contributed by atoms with E-state index in [-0.39, 0.29) is 0 Å². The van der Waals surface area contributed by atoms with Gasteiger partial charge in [0.15, 0.2) is 0 Å². The molecule has 0 atom stereocenters. The fourth-order valence-corrected chi connectivity index (χ4v) is 3.00. The zero-order chi connectivity index (χ0) is 24.2. The minimum atomic E-state index is -0.431. The number of carbonyl (C=O) groups excluding carboxylic acids is 1. The summed E-state index contributed by atoms with van der Waals surface area (Å²) in [6, 6.07) is 20.6. The highest BCUT2D eigenvalue weighted by molar-refractivity contribution is 6.31. The number of hydrogen-bond acceptors (Lipinski definition) is 4. The van der Waals surface area contributed by atoms with Crippen molar-refractivity contribution >= 4 is 17.6 Å². The van der Waals surface area contributed by atoms with E-state index >= 15 is 0 Å². The summed E-state index contributed by atoms with van der Waals surface area (Å²) >= 11 is 6.41. The Balaban J connectivity index is 1.55. The summed E-state index contributed by atoms with van der Waals surface area (Å²) < 4.78 is 15.7. The summed E-state index contributed by atoms with van der Waals surface area (Å²) in [7, 11) is 1.63. The maximum atomic E-state index is 11.0. The Morgan fingerprint density at radius 2 is 1.44 bits per heavy atom. The van der Waals surface area contributed by atoms with E-state index < -0.39 is 5.97 Å². The van der Waals surface area contributed by atoms with E-state index in [0.717, 1.165) is 39.8 Å². The maximum Gasteiger partial charge on any atom is 0.330 e. The molecule has 34 heavy (non-hydrogen) atoms. The van der Waals surface area contributed by atoms with Crippen LogP contribution in [-0.2, 0) is 9.53 Å². The third-order valence-corrected chi connectivity index (χ3v) is 4.89. The molecule has 3 aromatic carbocycles. The standard InChI is InChI=1S/C29H23ClO4/c1-3-29(31)34-20-4-19-33-27-17-11-23(12-18-27)7-13-25-14-8-24(21-28(25)30)6-5-22-9-15-26(32-2)16-10-22/h3,8-12,14-18,21H,1,4,19-20H2,2H3. The van der Waals surface area contributed by atoms with Crippen molar-refractivity contribution in [2.24, 2.45) is 0 Å². The molecular weight excluding hydrogens is 448 g/mol. The highest BCUT2D eigenvalue weighted by atomic mass is 35.5. The van der Waals surface area contributed by atoms with Crippen molar-refractivity contribution < 1.29 is 19.0 Å². The summed E-state index contributed by atoms with van der Waals surface area (Å²) in [5.41, 5.74) is 3.27. The number of rotatable bonds is 7. The van der Waals surface area contributed by atoms with Crippen molar-refractivity contribution in [3.05, 3.63) is 107 Å². The zero-order valence-corrected chi connectivity index (χ0v) is 19.5. The molecule has 3 aromatic rings. The van der Waals surface area contributed by atoms with Gasteiger partial charge in [0.25, 0.3) is 0 Å². The number of hydrogen-bond donors (Lipinski definition) is 0. The SMILES string of the molecule is C=CC(=O)OCCCOc1ccc(C#Cc2ccc(C#Cc3ccc(OC)cc3)cc2Cl)cc1. The van der Waals surface area contributed by atoms with Gasteiger partial charge in [-0.1, -0.05) is 41.9 Å². The average Bonchev–Trinajstić information content (AvgIpc) is 2.87. The average molecular weight is 471 g/mol. The first-order chi connectivity index (χ1) is 16.6. The van der Waals surface area contributed by atoms with E-state index in [9.17, 15) is 4.79 Å². The molecule has 0 aliphatic rings. The van der Waals surface area contributed by atoms with Crippen LogP contribution in [0, 0.1) is 23.7 Å². The third kappa shape index (κ3) is 7.78. The molecule has 0 saturated heterocycles. The second kappa shape index (κ2) is 12.8. The molecule has 170 valence electrons. The molecule has 3 rings (SSSR count). The maximum absolute atomic E-state index is 11.0. The predicted molar refractivity (Wildman–Crippen MR) is 134 cm³/mol. The van der Waals surface area contributed by atoms with Crippen LogP contribution in [-0.4, -0.2) is 26.3 Å². The van der Waals surface area contributed by atoms with Gasteiger partial charge in [-0.15, -0.1) is 0 Å². The van der Waals surface area contributed by atoms with Crippen molar-refractivity contribution in [3.8, 4) is 35.2 Å². The van der Waals surface area contributed by atoms with E-state index in [1.165, 1.54) is 0 Å². The Morgan fingerprint density at radius 1 is 0.853 bits per heavy atom. The van der Waals surface area contributed by atoms with Gasteiger partial charge in [0.05, 0.1) is 25.3 Å². The molecule has 0 N–H and O–H groups in total. The normalized spacial score (nSPS) is 9.59. The smallest absolute Gasteiger partial charge is 0.330 e. The van der Waals surface area contributed by atoms with Crippen molar-refractivity contribution in [3.63, 3.8) is 0 Å². The molecule has 0 bridgehead atoms. The first kappa shape index (κ1) is 24.5. The second-order valence-corrected chi connectivity index (χ2v) is 7.43. The Hall–Kier alpha value is -4.12. The number of carbonyl (C=O) groups is 1. The van der Waals surface area contributed by atoms with Crippen LogP contribution < -0.4 is 9.47 Å². The van der Waals surface area contributed by atoms with Crippen LogP contribution in [0.15, 0.2) is 79.4 Å². The summed E-state index contributed by atoms with van der Waals surface area (Å²) in [5, 5.41) is 0.547. The van der Waals surface area contributed by atoms with Gasteiger partial charge in [-0.2, -0.15) is 0 Å². The molecular formula is C29H23ClO4. The summed E-state index contributed by atoms with van der Waals surface area (Å²) in [4.78, 5) is 11.0. The minimum absolute atomic E-state index is 0.293. The topological polar surface area (TPSA) is 44.8 Å². The van der Waals surface area contributed by atoms with Crippen molar-refractivity contribution in [1.29, 1.82) is 0 Å². The first-order valence-corrected chi connectivity index (χ1v) is 10.9. The lowest BCUT2D eigenvalue weighted by Crippen LogP contribution is -2.06. The van der Waals surface area contributed by atoms with E-state index in [1.807, 2.05) is 66.7 Å². The zero-order valence-electron chi connectivity index (χ0n) is 18.8. The van der Waals surface area contributed by atoms with Gasteiger partial charge in [0.1, 0.15) is 11.5 Å². The fourth-order valence-electron chi connectivity index (χ4n) is 2.77. The Labute approximate surface area is 205 Å². The minimum Gasteiger partial charge on any atom is -0.497 e. The van der Waals surface area contributed by atoms with Gasteiger partial charge in [-0.05, 0) is 66.7 Å². The molecule has 0 radical (unpaired) electrons. The van der Waals surface area contributed by atoms with Crippen LogP contribution in [0.1, 0.15) is 28.7 Å². The first-order valence-electron chi connectivity index (χ1n) is 10.6. The predicted octanol–water partition coefficient (Wildman–Crippen LogP) is 5.65. The largest absolute Gasteiger partial charge is 0.497 e. The summed E-state index contributed by atoms with van der Waals surface area (Å²) in [5.74, 6) is 13.5.